The molecule has 1 aromatic carbocycles. The van der Waals surface area contributed by atoms with E-state index in [0.29, 0.717) is 36.3 Å². The van der Waals surface area contributed by atoms with E-state index in [1.807, 2.05) is 0 Å². The van der Waals surface area contributed by atoms with Crippen LogP contribution >= 0.6 is 0 Å². The Hall–Kier alpha value is -1.99. The Labute approximate surface area is 142 Å². The first kappa shape index (κ1) is 16.9. The van der Waals surface area contributed by atoms with Gasteiger partial charge in [0.1, 0.15) is 0 Å². The number of fused-ring (bicyclic) bond motifs is 1. The standard InChI is InChI=1S/C17H25N3O4/c1-12(2)9-20-5-6-22-14(10-20)8-18-17(21)19-13-3-4-15-16(7-13)24-11-23-15/h3-4,7,12,14H,5-6,8-11H2,1-2H3,(H2,18,19,21)/t14-/m0/s1. The summed E-state index contributed by atoms with van der Waals surface area (Å²) < 4.78 is 16.3. The number of hydrogen-bond donors (Lipinski definition) is 2. The van der Waals surface area contributed by atoms with Gasteiger partial charge in [0.15, 0.2) is 11.5 Å². The third-order valence-corrected chi connectivity index (χ3v) is 3.97. The molecule has 0 spiro atoms. The second kappa shape index (κ2) is 7.72. The van der Waals surface area contributed by atoms with Gasteiger partial charge in [-0.2, -0.15) is 0 Å². The Bertz CT molecular complexity index is 579. The van der Waals surface area contributed by atoms with E-state index in [9.17, 15) is 4.79 Å². The van der Waals surface area contributed by atoms with E-state index in [2.05, 4.69) is 29.4 Å². The molecular formula is C17H25N3O4. The van der Waals surface area contributed by atoms with E-state index in [0.717, 1.165) is 19.6 Å². The van der Waals surface area contributed by atoms with Crippen LogP contribution in [0.2, 0.25) is 0 Å². The van der Waals surface area contributed by atoms with Gasteiger partial charge < -0.3 is 24.8 Å². The summed E-state index contributed by atoms with van der Waals surface area (Å²) >= 11 is 0. The first-order valence-electron chi connectivity index (χ1n) is 8.38. The fourth-order valence-electron chi connectivity index (χ4n) is 2.94. The molecule has 1 aromatic rings. The monoisotopic (exact) mass is 335 g/mol. The van der Waals surface area contributed by atoms with E-state index in [1.165, 1.54) is 0 Å². The quantitative estimate of drug-likeness (QED) is 0.860. The van der Waals surface area contributed by atoms with Gasteiger partial charge in [0, 0.05) is 37.9 Å². The smallest absolute Gasteiger partial charge is 0.319 e. The molecule has 0 aromatic heterocycles. The number of rotatable bonds is 5. The average molecular weight is 335 g/mol. The molecule has 1 fully saturated rings. The molecule has 1 saturated heterocycles. The molecule has 1 atom stereocenters. The highest BCUT2D eigenvalue weighted by Crippen LogP contribution is 2.34. The molecule has 0 radical (unpaired) electrons. The zero-order chi connectivity index (χ0) is 16.9. The fraction of sp³-hybridized carbons (Fsp3) is 0.588. The Balaban J connectivity index is 1.44. The molecule has 0 saturated carbocycles. The number of ether oxygens (including phenoxy) is 3. The molecule has 2 N–H and O–H groups in total. The van der Waals surface area contributed by atoms with Crippen molar-refractivity contribution in [3.63, 3.8) is 0 Å². The summed E-state index contributed by atoms with van der Waals surface area (Å²) in [6, 6.07) is 5.07. The number of benzene rings is 1. The number of urea groups is 1. The SMILES string of the molecule is CC(C)CN1CCO[C@@H](CNC(=O)Nc2ccc3c(c2)OCO3)C1. The van der Waals surface area contributed by atoms with Crippen LogP contribution in [0.3, 0.4) is 0 Å². The van der Waals surface area contributed by atoms with Crippen molar-refractivity contribution in [3.8, 4) is 11.5 Å². The predicted molar refractivity (Wildman–Crippen MR) is 90.6 cm³/mol. The van der Waals surface area contributed by atoms with Gasteiger partial charge >= 0.3 is 6.03 Å². The van der Waals surface area contributed by atoms with Gasteiger partial charge in [-0.25, -0.2) is 4.79 Å². The number of carbonyl (C=O) groups excluding carboxylic acids is 1. The van der Waals surface area contributed by atoms with Crippen LogP contribution in [0.15, 0.2) is 18.2 Å². The number of anilines is 1. The predicted octanol–water partition coefficient (Wildman–Crippen LogP) is 1.89. The van der Waals surface area contributed by atoms with Crippen molar-refractivity contribution in [1.29, 1.82) is 0 Å². The minimum absolute atomic E-state index is 0.0278. The highest BCUT2D eigenvalue weighted by atomic mass is 16.7. The van der Waals surface area contributed by atoms with Crippen LogP contribution in [0.5, 0.6) is 11.5 Å². The maximum atomic E-state index is 12.1. The van der Waals surface area contributed by atoms with E-state index >= 15 is 0 Å². The van der Waals surface area contributed by atoms with Gasteiger partial charge in [-0.1, -0.05) is 13.8 Å². The number of carbonyl (C=O) groups is 1. The van der Waals surface area contributed by atoms with Gasteiger partial charge in [0.2, 0.25) is 6.79 Å². The lowest BCUT2D eigenvalue weighted by Crippen LogP contribution is -2.48. The average Bonchev–Trinajstić information content (AvgIpc) is 3.00. The Morgan fingerprint density at radius 1 is 1.33 bits per heavy atom. The summed E-state index contributed by atoms with van der Waals surface area (Å²) in [7, 11) is 0. The third-order valence-electron chi connectivity index (χ3n) is 3.97. The molecule has 0 bridgehead atoms. The maximum Gasteiger partial charge on any atom is 0.319 e. The second-order valence-corrected chi connectivity index (χ2v) is 6.55. The van der Waals surface area contributed by atoms with Crippen LogP contribution in [0.25, 0.3) is 0 Å². The highest BCUT2D eigenvalue weighted by Gasteiger charge is 2.21. The molecule has 2 amide bonds. The van der Waals surface area contributed by atoms with Crippen LogP contribution in [0, 0.1) is 5.92 Å². The van der Waals surface area contributed by atoms with E-state index in [4.69, 9.17) is 14.2 Å². The van der Waals surface area contributed by atoms with E-state index < -0.39 is 0 Å². The second-order valence-electron chi connectivity index (χ2n) is 6.55. The van der Waals surface area contributed by atoms with Crippen LogP contribution < -0.4 is 20.1 Å². The lowest BCUT2D eigenvalue weighted by Gasteiger charge is -2.33. The summed E-state index contributed by atoms with van der Waals surface area (Å²) in [5.41, 5.74) is 0.669. The number of morpholine rings is 1. The van der Waals surface area contributed by atoms with Gasteiger partial charge in [-0.15, -0.1) is 0 Å². The van der Waals surface area contributed by atoms with Crippen molar-refractivity contribution >= 4 is 11.7 Å². The maximum absolute atomic E-state index is 12.1. The molecule has 0 unspecified atom stereocenters. The van der Waals surface area contributed by atoms with Crippen molar-refractivity contribution in [3.05, 3.63) is 18.2 Å². The lowest BCUT2D eigenvalue weighted by molar-refractivity contribution is -0.0288. The van der Waals surface area contributed by atoms with Gasteiger partial charge in [0.05, 0.1) is 12.7 Å². The Kier molecular flexibility index (Phi) is 5.42. The first-order chi connectivity index (χ1) is 11.6. The van der Waals surface area contributed by atoms with Gasteiger partial charge in [0.25, 0.3) is 0 Å². The molecule has 7 nitrogen and oxygen atoms in total. The molecule has 132 valence electrons. The summed E-state index contributed by atoms with van der Waals surface area (Å²) in [6.07, 6.45) is 0.0278. The number of nitrogens with zero attached hydrogens (tertiary/aromatic N) is 1. The molecule has 3 rings (SSSR count). The van der Waals surface area contributed by atoms with Crippen LogP contribution in [0.4, 0.5) is 10.5 Å². The van der Waals surface area contributed by atoms with Gasteiger partial charge in [-0.3, -0.25) is 4.90 Å². The van der Waals surface area contributed by atoms with Crippen LogP contribution in [0.1, 0.15) is 13.8 Å². The molecule has 2 heterocycles. The minimum atomic E-state index is -0.251. The summed E-state index contributed by atoms with van der Waals surface area (Å²) in [5.74, 6) is 1.97. The highest BCUT2D eigenvalue weighted by molar-refractivity contribution is 5.89. The summed E-state index contributed by atoms with van der Waals surface area (Å²) in [4.78, 5) is 14.4. The van der Waals surface area contributed by atoms with E-state index in [1.54, 1.807) is 18.2 Å². The molecule has 2 aliphatic rings. The largest absolute Gasteiger partial charge is 0.454 e. The summed E-state index contributed by atoms with van der Waals surface area (Å²) in [6.45, 7) is 8.71. The molecule has 24 heavy (non-hydrogen) atoms. The zero-order valence-electron chi connectivity index (χ0n) is 14.2. The first-order valence-corrected chi connectivity index (χ1v) is 8.38. The normalized spacial score (nSPS) is 20.2. The Morgan fingerprint density at radius 2 is 2.17 bits per heavy atom. The van der Waals surface area contributed by atoms with Crippen molar-refractivity contribution in [2.45, 2.75) is 20.0 Å². The molecular weight excluding hydrogens is 310 g/mol. The van der Waals surface area contributed by atoms with Gasteiger partial charge in [-0.05, 0) is 18.1 Å². The minimum Gasteiger partial charge on any atom is -0.454 e. The van der Waals surface area contributed by atoms with Crippen LogP contribution in [-0.4, -0.2) is 56.6 Å². The Morgan fingerprint density at radius 3 is 3.00 bits per heavy atom. The van der Waals surface area contributed by atoms with Crippen molar-refractivity contribution in [2.24, 2.45) is 5.92 Å². The topological polar surface area (TPSA) is 72.1 Å². The number of amides is 2. The van der Waals surface area contributed by atoms with Crippen LogP contribution in [-0.2, 0) is 4.74 Å². The van der Waals surface area contributed by atoms with Crippen molar-refractivity contribution in [1.82, 2.24) is 10.2 Å². The lowest BCUT2D eigenvalue weighted by atomic mass is 10.2. The fourth-order valence-corrected chi connectivity index (χ4v) is 2.94. The van der Waals surface area contributed by atoms with E-state index in [-0.39, 0.29) is 18.9 Å². The third kappa shape index (κ3) is 4.52. The zero-order valence-corrected chi connectivity index (χ0v) is 14.2. The molecule has 0 aliphatic carbocycles. The number of nitrogens with one attached hydrogen (secondary N) is 2. The molecule has 2 aliphatic heterocycles. The van der Waals surface area contributed by atoms with Crippen molar-refractivity contribution in [2.75, 3.05) is 44.9 Å². The molecule has 7 heteroatoms. The summed E-state index contributed by atoms with van der Waals surface area (Å²) in [5, 5.41) is 5.67. The van der Waals surface area contributed by atoms with Crippen molar-refractivity contribution < 1.29 is 19.0 Å². The number of hydrogen-bond acceptors (Lipinski definition) is 5.